The topological polar surface area (TPSA) is 50.2 Å². The highest BCUT2D eigenvalue weighted by atomic mass is 16.2. The number of carbonyl (C=O) groups excluding carboxylic acids is 1. The molecule has 5 nitrogen and oxygen atoms in total. The number of nitrogens with one attached hydrogen (secondary N) is 1. The molecule has 0 fully saturated rings. The average molecular weight is 362 g/mol. The van der Waals surface area contributed by atoms with Gasteiger partial charge in [-0.15, -0.1) is 0 Å². The van der Waals surface area contributed by atoms with Gasteiger partial charge in [0.2, 0.25) is 5.91 Å². The standard InChI is InChI=1S/C22H26N4O/c1-17(2)26(15-18-13-23-25(3)14-18)16-22(27)24-21-12-8-7-11-20(21)19-9-5-4-6-10-19/h4-14,17H,15-16H2,1-3H3,(H,24,27). The number of nitrogens with zero attached hydrogens (tertiary/aromatic N) is 3. The van der Waals surface area contributed by atoms with Gasteiger partial charge in [0.15, 0.2) is 0 Å². The van der Waals surface area contributed by atoms with Crippen LogP contribution >= 0.6 is 0 Å². The summed E-state index contributed by atoms with van der Waals surface area (Å²) in [5.41, 5.74) is 4.04. The van der Waals surface area contributed by atoms with E-state index in [0.29, 0.717) is 13.1 Å². The summed E-state index contributed by atoms with van der Waals surface area (Å²) in [4.78, 5) is 14.9. The van der Waals surface area contributed by atoms with Crippen molar-refractivity contribution >= 4 is 11.6 Å². The van der Waals surface area contributed by atoms with Gasteiger partial charge in [0.05, 0.1) is 12.7 Å². The fraction of sp³-hybridized carbons (Fsp3) is 0.273. The van der Waals surface area contributed by atoms with Crippen LogP contribution in [0.2, 0.25) is 0 Å². The maximum absolute atomic E-state index is 12.7. The van der Waals surface area contributed by atoms with Gasteiger partial charge in [0, 0.05) is 42.6 Å². The molecule has 0 spiro atoms. The van der Waals surface area contributed by atoms with Crippen molar-refractivity contribution in [3.8, 4) is 11.1 Å². The second-order valence-electron chi connectivity index (χ2n) is 6.98. The molecule has 1 amide bonds. The second kappa shape index (κ2) is 8.64. The highest BCUT2D eigenvalue weighted by Gasteiger charge is 2.16. The van der Waals surface area contributed by atoms with Crippen LogP contribution in [-0.2, 0) is 18.4 Å². The third kappa shape index (κ3) is 5.05. The number of hydrogen-bond acceptors (Lipinski definition) is 3. The molecule has 0 saturated carbocycles. The lowest BCUT2D eigenvalue weighted by Gasteiger charge is -2.25. The molecule has 0 aliphatic carbocycles. The average Bonchev–Trinajstić information content (AvgIpc) is 3.07. The summed E-state index contributed by atoms with van der Waals surface area (Å²) >= 11 is 0. The Balaban J connectivity index is 1.71. The van der Waals surface area contributed by atoms with Gasteiger partial charge < -0.3 is 5.32 Å². The molecule has 1 N–H and O–H groups in total. The Morgan fingerprint density at radius 1 is 1.11 bits per heavy atom. The van der Waals surface area contributed by atoms with Crippen LogP contribution < -0.4 is 5.32 Å². The smallest absolute Gasteiger partial charge is 0.238 e. The van der Waals surface area contributed by atoms with Gasteiger partial charge in [-0.25, -0.2) is 0 Å². The normalized spacial score (nSPS) is 11.1. The molecule has 5 heteroatoms. The molecule has 0 aliphatic heterocycles. The number of para-hydroxylation sites is 1. The zero-order chi connectivity index (χ0) is 19.2. The Bertz CT molecular complexity index is 886. The molecule has 1 heterocycles. The third-order valence-corrected chi connectivity index (χ3v) is 4.51. The van der Waals surface area contributed by atoms with E-state index >= 15 is 0 Å². The van der Waals surface area contributed by atoms with Crippen LogP contribution in [0, 0.1) is 0 Å². The fourth-order valence-corrected chi connectivity index (χ4v) is 3.04. The van der Waals surface area contributed by atoms with Gasteiger partial charge in [0.25, 0.3) is 0 Å². The Kier molecular flexibility index (Phi) is 6.04. The lowest BCUT2D eigenvalue weighted by molar-refractivity contribution is -0.117. The fourth-order valence-electron chi connectivity index (χ4n) is 3.04. The molecular weight excluding hydrogens is 336 g/mol. The molecule has 3 aromatic rings. The summed E-state index contributed by atoms with van der Waals surface area (Å²) in [7, 11) is 1.90. The van der Waals surface area contributed by atoms with Crippen molar-refractivity contribution in [2.75, 3.05) is 11.9 Å². The lowest BCUT2D eigenvalue weighted by Crippen LogP contribution is -2.37. The van der Waals surface area contributed by atoms with Gasteiger partial charge in [-0.3, -0.25) is 14.4 Å². The molecule has 140 valence electrons. The molecule has 0 bridgehead atoms. The van der Waals surface area contributed by atoms with E-state index < -0.39 is 0 Å². The van der Waals surface area contributed by atoms with Gasteiger partial charge in [0.1, 0.15) is 0 Å². The van der Waals surface area contributed by atoms with Gasteiger partial charge in [-0.2, -0.15) is 5.10 Å². The molecule has 0 radical (unpaired) electrons. The van der Waals surface area contributed by atoms with Crippen LogP contribution in [0.1, 0.15) is 19.4 Å². The maximum atomic E-state index is 12.7. The Hall–Kier alpha value is -2.92. The minimum absolute atomic E-state index is 0.0176. The highest BCUT2D eigenvalue weighted by Crippen LogP contribution is 2.27. The number of aromatic nitrogens is 2. The van der Waals surface area contributed by atoms with E-state index in [1.54, 1.807) is 4.68 Å². The Labute approximate surface area is 160 Å². The number of hydrogen-bond donors (Lipinski definition) is 1. The van der Waals surface area contributed by atoms with Crippen LogP contribution in [0.25, 0.3) is 11.1 Å². The Morgan fingerprint density at radius 2 is 1.81 bits per heavy atom. The van der Waals surface area contributed by atoms with Crippen molar-refractivity contribution in [3.05, 3.63) is 72.6 Å². The van der Waals surface area contributed by atoms with E-state index in [1.165, 1.54) is 0 Å². The summed E-state index contributed by atoms with van der Waals surface area (Å²) in [5.74, 6) is -0.0176. The number of aryl methyl sites for hydroxylation is 1. The molecule has 27 heavy (non-hydrogen) atoms. The summed E-state index contributed by atoms with van der Waals surface area (Å²) in [6.07, 6.45) is 3.83. The van der Waals surface area contributed by atoms with Gasteiger partial charge in [-0.1, -0.05) is 48.5 Å². The first-order chi connectivity index (χ1) is 13.0. The number of rotatable bonds is 7. The van der Waals surface area contributed by atoms with Crippen molar-refractivity contribution < 1.29 is 4.79 Å². The second-order valence-corrected chi connectivity index (χ2v) is 6.98. The van der Waals surface area contributed by atoms with E-state index in [0.717, 1.165) is 22.4 Å². The van der Waals surface area contributed by atoms with Crippen LogP contribution in [0.4, 0.5) is 5.69 Å². The monoisotopic (exact) mass is 362 g/mol. The van der Waals surface area contributed by atoms with Crippen molar-refractivity contribution in [1.82, 2.24) is 14.7 Å². The molecule has 1 aromatic heterocycles. The first kappa shape index (κ1) is 18.9. The summed E-state index contributed by atoms with van der Waals surface area (Å²) < 4.78 is 1.78. The zero-order valence-electron chi connectivity index (χ0n) is 16.1. The first-order valence-corrected chi connectivity index (χ1v) is 9.19. The largest absolute Gasteiger partial charge is 0.324 e. The van der Waals surface area contributed by atoms with Crippen LogP contribution in [0.5, 0.6) is 0 Å². The summed E-state index contributed by atoms with van der Waals surface area (Å²) in [6, 6.07) is 18.2. The molecule has 0 unspecified atom stereocenters. The van der Waals surface area contributed by atoms with Gasteiger partial charge in [-0.05, 0) is 25.5 Å². The van der Waals surface area contributed by atoms with Crippen LogP contribution in [-0.4, -0.2) is 33.2 Å². The van der Waals surface area contributed by atoms with E-state index in [1.807, 2.05) is 74.0 Å². The van der Waals surface area contributed by atoms with Crippen molar-refractivity contribution in [2.24, 2.45) is 7.05 Å². The van der Waals surface area contributed by atoms with E-state index in [2.05, 4.69) is 29.2 Å². The van der Waals surface area contributed by atoms with Crippen molar-refractivity contribution in [1.29, 1.82) is 0 Å². The summed E-state index contributed by atoms with van der Waals surface area (Å²) in [5, 5.41) is 7.29. The summed E-state index contributed by atoms with van der Waals surface area (Å²) in [6.45, 7) is 5.22. The number of anilines is 1. The van der Waals surface area contributed by atoms with Crippen molar-refractivity contribution in [2.45, 2.75) is 26.4 Å². The van der Waals surface area contributed by atoms with Gasteiger partial charge >= 0.3 is 0 Å². The molecular formula is C22H26N4O. The Morgan fingerprint density at radius 3 is 2.48 bits per heavy atom. The number of carbonyl (C=O) groups is 1. The quantitative estimate of drug-likeness (QED) is 0.693. The predicted octanol–water partition coefficient (Wildman–Crippen LogP) is 3.94. The highest BCUT2D eigenvalue weighted by molar-refractivity contribution is 5.96. The first-order valence-electron chi connectivity index (χ1n) is 9.19. The predicted molar refractivity (Wildman–Crippen MR) is 109 cm³/mol. The SMILES string of the molecule is CC(C)N(CC(=O)Nc1ccccc1-c1ccccc1)Cc1cnn(C)c1. The zero-order valence-corrected chi connectivity index (χ0v) is 16.1. The molecule has 2 aromatic carbocycles. The molecule has 3 rings (SSSR count). The number of benzene rings is 2. The third-order valence-electron chi connectivity index (χ3n) is 4.51. The van der Waals surface area contributed by atoms with Crippen LogP contribution in [0.3, 0.4) is 0 Å². The van der Waals surface area contributed by atoms with E-state index in [9.17, 15) is 4.79 Å². The van der Waals surface area contributed by atoms with Crippen LogP contribution in [0.15, 0.2) is 67.0 Å². The minimum Gasteiger partial charge on any atom is -0.324 e. The lowest BCUT2D eigenvalue weighted by atomic mass is 10.0. The van der Waals surface area contributed by atoms with Crippen molar-refractivity contribution in [3.63, 3.8) is 0 Å². The molecule has 0 aliphatic rings. The molecule has 0 saturated heterocycles. The van der Waals surface area contributed by atoms with E-state index in [-0.39, 0.29) is 11.9 Å². The van der Waals surface area contributed by atoms with E-state index in [4.69, 9.17) is 0 Å². The number of amides is 1. The maximum Gasteiger partial charge on any atom is 0.238 e. The minimum atomic E-state index is -0.0176. The molecule has 0 atom stereocenters.